The molecule has 0 saturated carbocycles. The van der Waals surface area contributed by atoms with E-state index in [-0.39, 0.29) is 24.0 Å². The van der Waals surface area contributed by atoms with Gasteiger partial charge in [-0.2, -0.15) is 0 Å². The third kappa shape index (κ3) is 3.71. The number of nitrogen functional groups attached to an aromatic ring is 1. The molecule has 1 saturated heterocycles. The number of rotatable bonds is 4. The first-order chi connectivity index (χ1) is 9.86. The molecule has 1 aromatic carbocycles. The van der Waals surface area contributed by atoms with E-state index in [2.05, 4.69) is 19.2 Å². The van der Waals surface area contributed by atoms with E-state index in [0.717, 1.165) is 6.07 Å². The molecule has 0 bridgehead atoms. The first kappa shape index (κ1) is 15.3. The lowest BCUT2D eigenvalue weighted by molar-refractivity contribution is -0.131. The van der Waals surface area contributed by atoms with Gasteiger partial charge in [0.2, 0.25) is 11.8 Å². The predicted molar refractivity (Wildman–Crippen MR) is 79.0 cm³/mol. The monoisotopic (exact) mass is 293 g/mol. The lowest BCUT2D eigenvalue weighted by Gasteiger charge is -2.18. The summed E-state index contributed by atoms with van der Waals surface area (Å²) in [6, 6.07) is 3.78. The van der Waals surface area contributed by atoms with Crippen molar-refractivity contribution in [3.8, 4) is 0 Å². The lowest BCUT2D eigenvalue weighted by atomic mass is 9.95. The Balaban J connectivity index is 1.94. The van der Waals surface area contributed by atoms with Crippen LogP contribution in [0.15, 0.2) is 18.2 Å². The number of amides is 2. The summed E-state index contributed by atoms with van der Waals surface area (Å²) >= 11 is 0. The van der Waals surface area contributed by atoms with Crippen molar-refractivity contribution in [2.45, 2.75) is 20.3 Å². The van der Waals surface area contributed by atoms with Crippen LogP contribution in [0.2, 0.25) is 0 Å². The van der Waals surface area contributed by atoms with E-state index in [9.17, 15) is 14.0 Å². The summed E-state index contributed by atoms with van der Waals surface area (Å²) in [5, 5.41) is 2.60. The van der Waals surface area contributed by atoms with Crippen molar-refractivity contribution in [3.63, 3.8) is 0 Å². The highest BCUT2D eigenvalue weighted by Crippen LogP contribution is 2.25. The van der Waals surface area contributed by atoms with Crippen LogP contribution < -0.4 is 11.1 Å². The van der Waals surface area contributed by atoms with Gasteiger partial charge in [-0.25, -0.2) is 4.39 Å². The van der Waals surface area contributed by atoms with Crippen molar-refractivity contribution >= 4 is 23.2 Å². The van der Waals surface area contributed by atoms with Gasteiger partial charge in [0, 0.05) is 13.0 Å². The Kier molecular flexibility index (Phi) is 4.45. The Morgan fingerprint density at radius 3 is 2.81 bits per heavy atom. The molecular weight excluding hydrogens is 273 g/mol. The predicted octanol–water partition coefficient (Wildman–Crippen LogP) is 1.85. The van der Waals surface area contributed by atoms with Gasteiger partial charge in [-0.3, -0.25) is 9.59 Å². The molecule has 1 fully saturated rings. The number of anilines is 2. The van der Waals surface area contributed by atoms with Crippen LogP contribution in [-0.2, 0) is 9.59 Å². The minimum atomic E-state index is -0.458. The zero-order chi connectivity index (χ0) is 15.6. The van der Waals surface area contributed by atoms with Crippen molar-refractivity contribution in [1.29, 1.82) is 0 Å². The van der Waals surface area contributed by atoms with Crippen LogP contribution in [0.5, 0.6) is 0 Å². The molecule has 0 spiro atoms. The highest BCUT2D eigenvalue weighted by molar-refractivity contribution is 5.97. The molecular formula is C15H20FN3O2. The minimum Gasteiger partial charge on any atom is -0.397 e. The van der Waals surface area contributed by atoms with Crippen LogP contribution in [0.4, 0.5) is 15.8 Å². The second kappa shape index (κ2) is 6.11. The van der Waals surface area contributed by atoms with E-state index in [4.69, 9.17) is 5.73 Å². The van der Waals surface area contributed by atoms with Gasteiger partial charge in [0.05, 0.1) is 17.9 Å². The zero-order valence-electron chi connectivity index (χ0n) is 12.2. The van der Waals surface area contributed by atoms with Crippen molar-refractivity contribution in [3.05, 3.63) is 24.0 Å². The molecule has 0 aromatic heterocycles. The molecule has 114 valence electrons. The van der Waals surface area contributed by atoms with E-state index < -0.39 is 5.82 Å². The average Bonchev–Trinajstić information content (AvgIpc) is 2.75. The Morgan fingerprint density at radius 2 is 2.24 bits per heavy atom. The van der Waals surface area contributed by atoms with Crippen LogP contribution in [0, 0.1) is 17.7 Å². The molecule has 2 amide bonds. The maximum absolute atomic E-state index is 12.9. The topological polar surface area (TPSA) is 75.4 Å². The Hall–Kier alpha value is -2.11. The summed E-state index contributed by atoms with van der Waals surface area (Å²) < 4.78 is 12.9. The first-order valence-electron chi connectivity index (χ1n) is 6.99. The molecule has 0 radical (unpaired) electrons. The van der Waals surface area contributed by atoms with Gasteiger partial charge >= 0.3 is 0 Å². The van der Waals surface area contributed by atoms with Gasteiger partial charge in [0.25, 0.3) is 0 Å². The quantitative estimate of drug-likeness (QED) is 0.832. The molecule has 5 nitrogen and oxygen atoms in total. The van der Waals surface area contributed by atoms with E-state index in [1.165, 1.54) is 12.1 Å². The van der Waals surface area contributed by atoms with Gasteiger partial charge < -0.3 is 16.0 Å². The lowest BCUT2D eigenvalue weighted by Crippen LogP contribution is -2.34. The van der Waals surface area contributed by atoms with Gasteiger partial charge in [-0.1, -0.05) is 13.8 Å². The minimum absolute atomic E-state index is 0.00112. The van der Waals surface area contributed by atoms with Crippen LogP contribution in [0.25, 0.3) is 0 Å². The standard InChI is InChI=1S/C15H20FN3O2/c1-9(2)10-5-15(21)19(7-10)8-14(20)18-13-4-3-11(16)6-12(13)17/h3-4,6,9-10H,5,7-8,17H2,1-2H3,(H,18,20). The number of hydrogen-bond donors (Lipinski definition) is 2. The van der Waals surface area contributed by atoms with Crippen LogP contribution in [0.3, 0.4) is 0 Å². The fraction of sp³-hybridized carbons (Fsp3) is 0.467. The maximum atomic E-state index is 12.9. The highest BCUT2D eigenvalue weighted by atomic mass is 19.1. The fourth-order valence-electron chi connectivity index (χ4n) is 2.41. The molecule has 1 unspecified atom stereocenters. The van der Waals surface area contributed by atoms with Crippen molar-refractivity contribution in [1.82, 2.24) is 4.90 Å². The van der Waals surface area contributed by atoms with E-state index in [1.54, 1.807) is 4.90 Å². The SMILES string of the molecule is CC(C)C1CC(=O)N(CC(=O)Nc2ccc(F)cc2N)C1. The molecule has 0 aliphatic carbocycles. The molecule has 2 rings (SSSR count). The van der Waals surface area contributed by atoms with Gasteiger partial charge in [0.15, 0.2) is 0 Å². The summed E-state index contributed by atoms with van der Waals surface area (Å²) in [6.45, 7) is 4.74. The molecule has 3 N–H and O–H groups in total. The molecule has 21 heavy (non-hydrogen) atoms. The number of nitrogens with two attached hydrogens (primary N) is 1. The summed E-state index contributed by atoms with van der Waals surface area (Å²) in [5.41, 5.74) is 6.15. The van der Waals surface area contributed by atoms with Crippen LogP contribution in [-0.4, -0.2) is 29.8 Å². The van der Waals surface area contributed by atoms with Crippen LogP contribution >= 0.6 is 0 Å². The normalized spacial score (nSPS) is 18.4. The number of halogens is 1. The fourth-order valence-corrected chi connectivity index (χ4v) is 2.41. The van der Waals surface area contributed by atoms with E-state index >= 15 is 0 Å². The molecule has 1 aromatic rings. The zero-order valence-corrected chi connectivity index (χ0v) is 12.2. The average molecular weight is 293 g/mol. The Morgan fingerprint density at radius 1 is 1.52 bits per heavy atom. The highest BCUT2D eigenvalue weighted by Gasteiger charge is 2.32. The molecule has 1 atom stereocenters. The summed E-state index contributed by atoms with van der Waals surface area (Å²) in [5.74, 6) is -0.0852. The number of benzene rings is 1. The van der Waals surface area contributed by atoms with Crippen molar-refractivity contribution in [2.24, 2.45) is 11.8 Å². The van der Waals surface area contributed by atoms with Crippen LogP contribution in [0.1, 0.15) is 20.3 Å². The summed E-state index contributed by atoms with van der Waals surface area (Å²) in [6.07, 6.45) is 0.490. The van der Waals surface area contributed by atoms with Gasteiger partial charge in [-0.15, -0.1) is 0 Å². The number of nitrogens with one attached hydrogen (secondary N) is 1. The molecule has 1 heterocycles. The Labute approximate surface area is 123 Å². The molecule has 6 heteroatoms. The third-order valence-corrected chi connectivity index (χ3v) is 3.81. The first-order valence-corrected chi connectivity index (χ1v) is 6.99. The number of carbonyl (C=O) groups is 2. The largest absolute Gasteiger partial charge is 0.397 e. The third-order valence-electron chi connectivity index (χ3n) is 3.81. The number of carbonyl (C=O) groups excluding carboxylic acids is 2. The number of hydrogen-bond acceptors (Lipinski definition) is 3. The number of nitrogens with zero attached hydrogens (tertiary/aromatic N) is 1. The Bertz CT molecular complexity index is 560. The summed E-state index contributed by atoms with van der Waals surface area (Å²) in [7, 11) is 0. The van der Waals surface area contributed by atoms with E-state index in [1.807, 2.05) is 0 Å². The maximum Gasteiger partial charge on any atom is 0.244 e. The van der Waals surface area contributed by atoms with Crippen molar-refractivity contribution in [2.75, 3.05) is 24.1 Å². The smallest absolute Gasteiger partial charge is 0.244 e. The van der Waals surface area contributed by atoms with Gasteiger partial charge in [0.1, 0.15) is 5.82 Å². The second-order valence-corrected chi connectivity index (χ2v) is 5.76. The number of likely N-dealkylation sites (tertiary alicyclic amines) is 1. The van der Waals surface area contributed by atoms with Gasteiger partial charge in [-0.05, 0) is 30.0 Å². The molecule has 1 aliphatic rings. The second-order valence-electron chi connectivity index (χ2n) is 5.76. The van der Waals surface area contributed by atoms with E-state index in [0.29, 0.717) is 30.5 Å². The summed E-state index contributed by atoms with van der Waals surface area (Å²) in [4.78, 5) is 25.4. The molecule has 1 aliphatic heterocycles. The van der Waals surface area contributed by atoms with Crippen molar-refractivity contribution < 1.29 is 14.0 Å².